The summed E-state index contributed by atoms with van der Waals surface area (Å²) in [6, 6.07) is 4.38. The number of nitrogens with one attached hydrogen (secondary N) is 1. The zero-order valence-electron chi connectivity index (χ0n) is 11.0. The van der Waals surface area contributed by atoms with Crippen LogP contribution in [0.15, 0.2) is 18.2 Å². The molecule has 1 saturated heterocycles. The first-order valence-corrected chi connectivity index (χ1v) is 6.38. The summed E-state index contributed by atoms with van der Waals surface area (Å²) < 4.78 is 26.7. The lowest BCUT2D eigenvalue weighted by molar-refractivity contribution is 0.145. The van der Waals surface area contributed by atoms with Gasteiger partial charge in [0.1, 0.15) is 0 Å². The van der Waals surface area contributed by atoms with Gasteiger partial charge in [-0.3, -0.25) is 4.90 Å². The number of nitrogens with zero attached hydrogens (tertiary/aromatic N) is 1. The lowest BCUT2D eigenvalue weighted by Crippen LogP contribution is -2.49. The van der Waals surface area contributed by atoms with Gasteiger partial charge in [-0.15, -0.1) is 0 Å². The van der Waals surface area contributed by atoms with Crippen molar-refractivity contribution < 1.29 is 8.78 Å². The molecule has 0 saturated carbocycles. The van der Waals surface area contributed by atoms with Gasteiger partial charge >= 0.3 is 0 Å². The van der Waals surface area contributed by atoms with Crippen LogP contribution in [-0.4, -0.2) is 30.6 Å². The fourth-order valence-electron chi connectivity index (χ4n) is 2.37. The van der Waals surface area contributed by atoms with E-state index in [1.165, 1.54) is 0 Å². The van der Waals surface area contributed by atoms with Crippen molar-refractivity contribution in [3.05, 3.63) is 35.4 Å². The number of hydrogen-bond donors (Lipinski definition) is 1. The Morgan fingerprint density at radius 2 is 1.94 bits per heavy atom. The van der Waals surface area contributed by atoms with Crippen LogP contribution in [0.25, 0.3) is 0 Å². The molecular weight excluding hydrogens is 234 g/mol. The van der Waals surface area contributed by atoms with Crippen LogP contribution < -0.4 is 5.32 Å². The fourth-order valence-corrected chi connectivity index (χ4v) is 2.37. The third-order valence-electron chi connectivity index (χ3n) is 3.99. The van der Waals surface area contributed by atoms with Crippen molar-refractivity contribution in [2.24, 2.45) is 0 Å². The van der Waals surface area contributed by atoms with Crippen molar-refractivity contribution in [3.8, 4) is 0 Å². The smallest absolute Gasteiger partial charge is 0.163 e. The molecule has 0 radical (unpaired) electrons. The molecule has 1 heterocycles. The van der Waals surface area contributed by atoms with Crippen LogP contribution >= 0.6 is 0 Å². The van der Waals surface area contributed by atoms with Crippen LogP contribution in [0, 0.1) is 11.6 Å². The Balaban J connectivity index is 1.98. The molecule has 100 valence electrons. The number of piperidine rings is 1. The Kier molecular flexibility index (Phi) is 3.97. The van der Waals surface area contributed by atoms with Crippen molar-refractivity contribution in [3.63, 3.8) is 0 Å². The summed E-state index contributed by atoms with van der Waals surface area (Å²) in [5.74, 6) is -1.47. The zero-order chi connectivity index (χ0) is 13.2. The normalized spacial score (nSPS) is 20.0. The van der Waals surface area contributed by atoms with Gasteiger partial charge < -0.3 is 5.32 Å². The Bertz CT molecular complexity index is 412. The van der Waals surface area contributed by atoms with Gasteiger partial charge in [-0.05, 0) is 32.9 Å². The predicted molar refractivity (Wildman–Crippen MR) is 68.3 cm³/mol. The Hall–Kier alpha value is -1.00. The maximum absolute atomic E-state index is 13.6. The molecule has 1 aliphatic heterocycles. The SMILES string of the molecule is CNC1(C)CCN(Cc2cccc(F)c2F)CC1. The van der Waals surface area contributed by atoms with E-state index in [1.54, 1.807) is 12.1 Å². The van der Waals surface area contributed by atoms with Crippen molar-refractivity contribution in [1.82, 2.24) is 10.2 Å². The van der Waals surface area contributed by atoms with Crippen molar-refractivity contribution in [2.45, 2.75) is 31.8 Å². The lowest BCUT2D eigenvalue weighted by Gasteiger charge is -2.39. The molecule has 18 heavy (non-hydrogen) atoms. The van der Waals surface area contributed by atoms with Crippen molar-refractivity contribution in [1.29, 1.82) is 0 Å². The molecule has 0 amide bonds. The Morgan fingerprint density at radius 3 is 2.56 bits per heavy atom. The van der Waals surface area contributed by atoms with Gasteiger partial charge in [0.15, 0.2) is 11.6 Å². The van der Waals surface area contributed by atoms with E-state index in [1.807, 2.05) is 7.05 Å². The number of halogens is 2. The molecular formula is C14H20F2N2. The second-order valence-corrected chi connectivity index (χ2v) is 5.30. The molecule has 0 atom stereocenters. The van der Waals surface area contributed by atoms with Crippen LogP contribution in [0.4, 0.5) is 8.78 Å². The molecule has 4 heteroatoms. The topological polar surface area (TPSA) is 15.3 Å². The highest BCUT2D eigenvalue weighted by Crippen LogP contribution is 2.23. The molecule has 0 unspecified atom stereocenters. The van der Waals surface area contributed by atoms with Crippen LogP contribution in [0.3, 0.4) is 0 Å². The summed E-state index contributed by atoms with van der Waals surface area (Å²) >= 11 is 0. The molecule has 1 fully saturated rings. The number of benzene rings is 1. The minimum atomic E-state index is -0.760. The van der Waals surface area contributed by atoms with E-state index in [2.05, 4.69) is 17.1 Å². The molecule has 0 aromatic heterocycles. The molecule has 2 rings (SSSR count). The van der Waals surface area contributed by atoms with Gasteiger partial charge in [-0.2, -0.15) is 0 Å². The summed E-state index contributed by atoms with van der Waals surface area (Å²) in [6.07, 6.45) is 2.06. The Morgan fingerprint density at radius 1 is 1.28 bits per heavy atom. The highest BCUT2D eigenvalue weighted by molar-refractivity contribution is 5.19. The van der Waals surface area contributed by atoms with Gasteiger partial charge in [-0.25, -0.2) is 8.78 Å². The summed E-state index contributed by atoms with van der Waals surface area (Å²) in [4.78, 5) is 2.18. The van der Waals surface area contributed by atoms with Crippen molar-refractivity contribution >= 4 is 0 Å². The van der Waals surface area contributed by atoms with E-state index >= 15 is 0 Å². The van der Waals surface area contributed by atoms with Crippen LogP contribution in [-0.2, 0) is 6.54 Å². The number of likely N-dealkylation sites (tertiary alicyclic amines) is 1. The highest BCUT2D eigenvalue weighted by atomic mass is 19.2. The molecule has 0 aliphatic carbocycles. The summed E-state index contributed by atoms with van der Waals surface area (Å²) in [7, 11) is 1.97. The molecule has 0 spiro atoms. The van der Waals surface area contributed by atoms with E-state index in [4.69, 9.17) is 0 Å². The summed E-state index contributed by atoms with van der Waals surface area (Å²) in [5, 5.41) is 3.32. The van der Waals surface area contributed by atoms with Crippen LogP contribution in [0.5, 0.6) is 0 Å². The average Bonchev–Trinajstić information content (AvgIpc) is 2.38. The summed E-state index contributed by atoms with van der Waals surface area (Å²) in [6.45, 7) is 4.51. The molecule has 1 aromatic rings. The second-order valence-electron chi connectivity index (χ2n) is 5.30. The minimum absolute atomic E-state index is 0.178. The molecule has 1 N–H and O–H groups in total. The largest absolute Gasteiger partial charge is 0.314 e. The minimum Gasteiger partial charge on any atom is -0.314 e. The standard InChI is InChI=1S/C14H20F2N2/c1-14(17-2)6-8-18(9-7-14)10-11-4-3-5-12(15)13(11)16/h3-5,17H,6-10H2,1-2H3. The Labute approximate surface area is 107 Å². The van der Waals surface area contributed by atoms with E-state index in [9.17, 15) is 8.78 Å². The maximum Gasteiger partial charge on any atom is 0.163 e. The zero-order valence-corrected chi connectivity index (χ0v) is 11.0. The van der Waals surface area contributed by atoms with E-state index in [0.29, 0.717) is 12.1 Å². The van der Waals surface area contributed by atoms with E-state index in [-0.39, 0.29) is 5.54 Å². The van der Waals surface area contributed by atoms with Gasteiger partial charge in [0.05, 0.1) is 0 Å². The van der Waals surface area contributed by atoms with Crippen molar-refractivity contribution in [2.75, 3.05) is 20.1 Å². The molecule has 2 nitrogen and oxygen atoms in total. The van der Waals surface area contributed by atoms with E-state index < -0.39 is 11.6 Å². The average molecular weight is 254 g/mol. The van der Waals surface area contributed by atoms with Crippen LogP contribution in [0.2, 0.25) is 0 Å². The first-order valence-electron chi connectivity index (χ1n) is 6.38. The maximum atomic E-state index is 13.6. The number of rotatable bonds is 3. The first-order chi connectivity index (χ1) is 8.54. The van der Waals surface area contributed by atoms with Crippen LogP contribution in [0.1, 0.15) is 25.3 Å². The monoisotopic (exact) mass is 254 g/mol. The van der Waals surface area contributed by atoms with Gasteiger partial charge in [-0.1, -0.05) is 12.1 Å². The summed E-state index contributed by atoms with van der Waals surface area (Å²) in [5.41, 5.74) is 0.625. The van der Waals surface area contributed by atoms with Gasteiger partial charge in [0, 0.05) is 30.7 Å². The fraction of sp³-hybridized carbons (Fsp3) is 0.571. The lowest BCUT2D eigenvalue weighted by atomic mass is 9.90. The van der Waals surface area contributed by atoms with Gasteiger partial charge in [0.25, 0.3) is 0 Å². The molecule has 1 aromatic carbocycles. The quantitative estimate of drug-likeness (QED) is 0.891. The molecule has 0 bridgehead atoms. The molecule has 1 aliphatic rings. The second kappa shape index (κ2) is 5.33. The third-order valence-corrected chi connectivity index (χ3v) is 3.99. The third kappa shape index (κ3) is 2.87. The van der Waals surface area contributed by atoms with E-state index in [0.717, 1.165) is 32.0 Å². The predicted octanol–water partition coefficient (Wildman–Crippen LogP) is 2.54. The number of hydrogen-bond acceptors (Lipinski definition) is 2. The highest BCUT2D eigenvalue weighted by Gasteiger charge is 2.28. The first kappa shape index (κ1) is 13.4. The van der Waals surface area contributed by atoms with Gasteiger partial charge in [0.2, 0.25) is 0 Å².